The minimum Gasteiger partial charge on any atom is -0.195 e. The SMILES string of the molecule is CN1CC2[C]CCN2S1(=O)=O. The number of nitrogens with zero attached hydrogens (tertiary/aromatic N) is 2. The number of likely N-dealkylation sites (N-methyl/N-ethyl adjacent to an activating group) is 1. The van der Waals surface area contributed by atoms with E-state index in [4.69, 9.17) is 0 Å². The van der Waals surface area contributed by atoms with E-state index >= 15 is 0 Å². The Morgan fingerprint density at radius 1 is 1.55 bits per heavy atom. The van der Waals surface area contributed by atoms with Crippen LogP contribution in [0.3, 0.4) is 0 Å². The Morgan fingerprint density at radius 3 is 2.91 bits per heavy atom. The van der Waals surface area contributed by atoms with Gasteiger partial charge in [-0.2, -0.15) is 17.0 Å². The summed E-state index contributed by atoms with van der Waals surface area (Å²) in [4.78, 5) is 0. The monoisotopic (exact) mass is 174 g/mol. The summed E-state index contributed by atoms with van der Waals surface area (Å²) >= 11 is 0. The Hall–Kier alpha value is -0.130. The number of hydrogen-bond acceptors (Lipinski definition) is 2. The van der Waals surface area contributed by atoms with E-state index < -0.39 is 10.2 Å². The second kappa shape index (κ2) is 2.18. The molecule has 1 unspecified atom stereocenters. The molecule has 2 saturated heterocycles. The van der Waals surface area contributed by atoms with Gasteiger partial charge in [0.05, 0.1) is 0 Å². The molecule has 11 heavy (non-hydrogen) atoms. The summed E-state index contributed by atoms with van der Waals surface area (Å²) in [5.74, 6) is 0. The molecule has 0 aromatic carbocycles. The smallest absolute Gasteiger partial charge is 0.195 e. The van der Waals surface area contributed by atoms with Gasteiger partial charge in [-0.1, -0.05) is 0 Å². The molecule has 2 radical (unpaired) electrons. The van der Waals surface area contributed by atoms with Crippen molar-refractivity contribution < 1.29 is 8.42 Å². The van der Waals surface area contributed by atoms with Crippen LogP contribution >= 0.6 is 0 Å². The van der Waals surface area contributed by atoms with E-state index in [2.05, 4.69) is 6.42 Å². The third-order valence-corrected chi connectivity index (χ3v) is 4.15. The highest BCUT2D eigenvalue weighted by Gasteiger charge is 2.44. The van der Waals surface area contributed by atoms with Crippen molar-refractivity contribution in [2.45, 2.75) is 12.5 Å². The Morgan fingerprint density at radius 2 is 2.27 bits per heavy atom. The lowest BCUT2D eigenvalue weighted by Gasteiger charge is -2.12. The van der Waals surface area contributed by atoms with Gasteiger partial charge < -0.3 is 0 Å². The van der Waals surface area contributed by atoms with E-state index in [9.17, 15) is 8.42 Å². The van der Waals surface area contributed by atoms with Crippen molar-refractivity contribution in [2.24, 2.45) is 0 Å². The summed E-state index contributed by atoms with van der Waals surface area (Å²) < 4.78 is 25.7. The molecule has 1 atom stereocenters. The average molecular weight is 174 g/mol. The minimum atomic E-state index is -3.10. The Balaban J connectivity index is 2.35. The number of rotatable bonds is 0. The van der Waals surface area contributed by atoms with Crippen LogP contribution in [-0.4, -0.2) is 43.2 Å². The van der Waals surface area contributed by atoms with Crippen LogP contribution in [0.25, 0.3) is 0 Å². The maximum atomic E-state index is 11.4. The molecule has 2 rings (SSSR count). The first-order valence-corrected chi connectivity index (χ1v) is 4.98. The van der Waals surface area contributed by atoms with Crippen LogP contribution in [-0.2, 0) is 10.2 Å². The van der Waals surface area contributed by atoms with E-state index in [-0.39, 0.29) is 6.04 Å². The molecule has 62 valence electrons. The van der Waals surface area contributed by atoms with Gasteiger partial charge in [0.1, 0.15) is 0 Å². The first-order valence-electron chi connectivity index (χ1n) is 3.59. The average Bonchev–Trinajstić information content (AvgIpc) is 2.41. The zero-order valence-electron chi connectivity index (χ0n) is 6.32. The fourth-order valence-electron chi connectivity index (χ4n) is 1.55. The fraction of sp³-hybridized carbons (Fsp3) is 0.833. The fourth-order valence-corrected chi connectivity index (χ4v) is 3.02. The predicted molar refractivity (Wildman–Crippen MR) is 39.9 cm³/mol. The van der Waals surface area contributed by atoms with Gasteiger partial charge >= 0.3 is 0 Å². The lowest BCUT2D eigenvalue weighted by molar-refractivity contribution is 0.447. The topological polar surface area (TPSA) is 40.6 Å². The summed E-state index contributed by atoms with van der Waals surface area (Å²) in [7, 11) is -1.49. The van der Waals surface area contributed by atoms with Crippen LogP contribution in [0.1, 0.15) is 6.42 Å². The van der Waals surface area contributed by atoms with Crippen LogP contribution in [0.2, 0.25) is 0 Å². The maximum absolute atomic E-state index is 11.4. The summed E-state index contributed by atoms with van der Waals surface area (Å²) in [5, 5.41) is 0. The zero-order valence-corrected chi connectivity index (χ0v) is 7.13. The van der Waals surface area contributed by atoms with Crippen molar-refractivity contribution in [2.75, 3.05) is 20.1 Å². The molecule has 5 heteroatoms. The lowest BCUT2D eigenvalue weighted by Crippen LogP contribution is -2.31. The van der Waals surface area contributed by atoms with Crippen molar-refractivity contribution in [1.82, 2.24) is 8.61 Å². The quantitative estimate of drug-likeness (QED) is 0.489. The second-order valence-electron chi connectivity index (χ2n) is 2.87. The molecule has 0 amide bonds. The molecule has 4 nitrogen and oxygen atoms in total. The van der Waals surface area contributed by atoms with Gasteiger partial charge in [0.2, 0.25) is 0 Å². The Kier molecular flexibility index (Phi) is 1.49. The van der Waals surface area contributed by atoms with E-state index in [1.807, 2.05) is 0 Å². The number of fused-ring (bicyclic) bond motifs is 1. The summed E-state index contributed by atoms with van der Waals surface area (Å²) in [6.45, 7) is 1.18. The second-order valence-corrected chi connectivity index (χ2v) is 4.86. The maximum Gasteiger partial charge on any atom is 0.282 e. The molecular weight excluding hydrogens is 164 g/mol. The normalized spacial score (nSPS) is 37.7. The van der Waals surface area contributed by atoms with Crippen LogP contribution in [0.5, 0.6) is 0 Å². The highest BCUT2D eigenvalue weighted by molar-refractivity contribution is 7.87. The molecular formula is C6H10N2O2S. The largest absolute Gasteiger partial charge is 0.282 e. The van der Waals surface area contributed by atoms with Gasteiger partial charge in [0.15, 0.2) is 0 Å². The lowest BCUT2D eigenvalue weighted by atomic mass is 10.2. The summed E-state index contributed by atoms with van der Waals surface area (Å²) in [5.41, 5.74) is 0. The molecule has 2 aliphatic rings. The minimum absolute atomic E-state index is 0.0185. The number of hydrogen-bond donors (Lipinski definition) is 0. The molecule has 0 aliphatic carbocycles. The zero-order chi connectivity index (χ0) is 8.06. The van der Waals surface area contributed by atoms with Crippen molar-refractivity contribution in [3.8, 4) is 0 Å². The van der Waals surface area contributed by atoms with Gasteiger partial charge in [0.25, 0.3) is 10.2 Å². The van der Waals surface area contributed by atoms with Gasteiger partial charge in [0, 0.05) is 32.6 Å². The molecule has 0 N–H and O–H groups in total. The molecule has 0 aromatic rings. The molecule has 0 bridgehead atoms. The molecule has 0 aromatic heterocycles. The van der Waals surface area contributed by atoms with Crippen LogP contribution in [0.4, 0.5) is 0 Å². The van der Waals surface area contributed by atoms with Gasteiger partial charge in [-0.15, -0.1) is 0 Å². The van der Waals surface area contributed by atoms with Gasteiger partial charge in [-0.05, 0) is 6.42 Å². The van der Waals surface area contributed by atoms with Crippen LogP contribution in [0.15, 0.2) is 0 Å². The van der Waals surface area contributed by atoms with E-state index in [0.717, 1.165) is 6.42 Å². The molecule has 0 spiro atoms. The van der Waals surface area contributed by atoms with Crippen molar-refractivity contribution >= 4 is 10.2 Å². The highest BCUT2D eigenvalue weighted by Crippen LogP contribution is 2.28. The van der Waals surface area contributed by atoms with Gasteiger partial charge in [-0.3, -0.25) is 0 Å². The molecule has 2 heterocycles. The Labute approximate surface area is 67.0 Å². The standard InChI is InChI=1S/C6H10N2O2S/c1-7-5-6-3-2-4-8(6)11(7,9)10/h6H,2,4-5H2,1H3. The Bertz CT molecular complexity index is 262. The van der Waals surface area contributed by atoms with Crippen LogP contribution in [0, 0.1) is 6.42 Å². The first kappa shape index (κ1) is 7.52. The van der Waals surface area contributed by atoms with E-state index in [1.165, 1.54) is 8.61 Å². The molecule has 2 aliphatic heterocycles. The summed E-state index contributed by atoms with van der Waals surface area (Å²) in [6.07, 6.45) is 3.89. The van der Waals surface area contributed by atoms with Crippen molar-refractivity contribution in [1.29, 1.82) is 0 Å². The highest BCUT2D eigenvalue weighted by atomic mass is 32.2. The third kappa shape index (κ3) is 0.913. The summed E-state index contributed by atoms with van der Waals surface area (Å²) in [6, 6.07) is 0.0185. The van der Waals surface area contributed by atoms with Crippen molar-refractivity contribution in [3.05, 3.63) is 6.42 Å². The van der Waals surface area contributed by atoms with Crippen molar-refractivity contribution in [3.63, 3.8) is 0 Å². The molecule has 0 saturated carbocycles. The van der Waals surface area contributed by atoms with E-state index in [0.29, 0.717) is 13.1 Å². The van der Waals surface area contributed by atoms with Gasteiger partial charge in [-0.25, -0.2) is 0 Å². The third-order valence-electron chi connectivity index (χ3n) is 2.18. The molecule has 2 fully saturated rings. The van der Waals surface area contributed by atoms with E-state index in [1.54, 1.807) is 7.05 Å². The van der Waals surface area contributed by atoms with Crippen LogP contribution < -0.4 is 0 Å². The predicted octanol–water partition coefficient (Wildman–Crippen LogP) is -0.668. The first-order chi connectivity index (χ1) is 5.12.